The van der Waals surface area contributed by atoms with Gasteiger partial charge in [-0.2, -0.15) is 0 Å². The molecule has 3 rings (SSSR count). The second-order valence-corrected chi connectivity index (χ2v) is 3.96. The maximum Gasteiger partial charge on any atom is 0.313 e. The minimum absolute atomic E-state index is 0.0644. The van der Waals surface area contributed by atoms with Crippen LogP contribution in [0.4, 0.5) is 5.69 Å². The molecule has 2 heterocycles. The normalized spacial score (nSPS) is 10.6. The fourth-order valence-electron chi connectivity index (χ4n) is 1.77. The first-order valence-electron chi connectivity index (χ1n) is 5.69. The molecule has 19 heavy (non-hydrogen) atoms. The van der Waals surface area contributed by atoms with Gasteiger partial charge in [0.15, 0.2) is 0 Å². The van der Waals surface area contributed by atoms with Crippen molar-refractivity contribution < 1.29 is 9.21 Å². The van der Waals surface area contributed by atoms with Crippen molar-refractivity contribution in [2.24, 2.45) is 0 Å². The maximum absolute atomic E-state index is 11.9. The molecule has 94 valence electrons. The lowest BCUT2D eigenvalue weighted by molar-refractivity contribution is 0.0989. The van der Waals surface area contributed by atoms with Gasteiger partial charge < -0.3 is 9.73 Å². The number of hydrogen-bond donors (Lipinski definition) is 1. The predicted octanol–water partition coefficient (Wildman–Crippen LogP) is 2.18. The van der Waals surface area contributed by atoms with Crippen LogP contribution in [0.1, 0.15) is 16.6 Å². The lowest BCUT2D eigenvalue weighted by Crippen LogP contribution is -2.12. The van der Waals surface area contributed by atoms with E-state index in [1.54, 1.807) is 19.2 Å². The van der Waals surface area contributed by atoms with Crippen molar-refractivity contribution in [1.29, 1.82) is 0 Å². The number of anilines is 1. The second kappa shape index (κ2) is 4.49. The highest BCUT2D eigenvalue weighted by Gasteiger charge is 2.14. The first-order chi connectivity index (χ1) is 9.24. The minimum Gasteiger partial charge on any atom is -0.417 e. The Morgan fingerprint density at radius 1 is 1.21 bits per heavy atom. The average Bonchev–Trinajstić information content (AvgIpc) is 2.86. The van der Waals surface area contributed by atoms with Gasteiger partial charge in [0.2, 0.25) is 5.89 Å². The van der Waals surface area contributed by atoms with Crippen molar-refractivity contribution in [2.75, 3.05) is 5.32 Å². The summed E-state index contributed by atoms with van der Waals surface area (Å²) in [5.74, 6) is -0.162. The molecule has 6 heteroatoms. The summed E-state index contributed by atoms with van der Waals surface area (Å²) >= 11 is 0. The summed E-state index contributed by atoms with van der Waals surface area (Å²) in [5.41, 5.74) is 1.33. The lowest BCUT2D eigenvalue weighted by Gasteiger charge is -2.05. The molecule has 0 fully saturated rings. The quantitative estimate of drug-likeness (QED) is 0.758. The van der Waals surface area contributed by atoms with Crippen molar-refractivity contribution in [3.05, 3.63) is 48.3 Å². The van der Waals surface area contributed by atoms with E-state index in [4.69, 9.17) is 4.42 Å². The van der Waals surface area contributed by atoms with Crippen LogP contribution in [0.25, 0.3) is 10.9 Å². The largest absolute Gasteiger partial charge is 0.417 e. The summed E-state index contributed by atoms with van der Waals surface area (Å²) in [7, 11) is 0. The average molecular weight is 254 g/mol. The van der Waals surface area contributed by atoms with Gasteiger partial charge in [0.05, 0.1) is 11.2 Å². The van der Waals surface area contributed by atoms with E-state index in [9.17, 15) is 4.79 Å². The number of aromatic nitrogens is 3. The molecule has 0 atom stereocenters. The zero-order valence-electron chi connectivity index (χ0n) is 10.1. The third-order valence-corrected chi connectivity index (χ3v) is 2.60. The molecule has 0 radical (unpaired) electrons. The molecular formula is C13H10N4O2. The standard InChI is InChI=1S/C13H10N4O2/c1-8-16-17-13(19-8)12(18)15-10-6-2-4-9-5-3-7-14-11(9)10/h2-7H,1H3,(H,15,18). The van der Waals surface area contributed by atoms with Gasteiger partial charge in [-0.3, -0.25) is 9.78 Å². The first kappa shape index (κ1) is 11.3. The van der Waals surface area contributed by atoms with Gasteiger partial charge in [-0.05, 0) is 12.1 Å². The molecule has 1 N–H and O–H groups in total. The molecular weight excluding hydrogens is 244 g/mol. The molecule has 0 aliphatic carbocycles. The summed E-state index contributed by atoms with van der Waals surface area (Å²) in [4.78, 5) is 16.2. The van der Waals surface area contributed by atoms with Crippen LogP contribution in [-0.2, 0) is 0 Å². The first-order valence-corrected chi connectivity index (χ1v) is 5.69. The zero-order valence-corrected chi connectivity index (χ0v) is 10.1. The zero-order chi connectivity index (χ0) is 13.2. The summed E-state index contributed by atoms with van der Waals surface area (Å²) in [6.45, 7) is 1.63. The molecule has 0 unspecified atom stereocenters. The highest BCUT2D eigenvalue weighted by Crippen LogP contribution is 2.21. The predicted molar refractivity (Wildman–Crippen MR) is 68.7 cm³/mol. The van der Waals surface area contributed by atoms with E-state index in [2.05, 4.69) is 20.5 Å². The fraction of sp³-hybridized carbons (Fsp3) is 0.0769. The monoisotopic (exact) mass is 254 g/mol. The van der Waals surface area contributed by atoms with Gasteiger partial charge in [0.1, 0.15) is 0 Å². The maximum atomic E-state index is 11.9. The topological polar surface area (TPSA) is 80.9 Å². The van der Waals surface area contributed by atoms with E-state index in [0.717, 1.165) is 10.9 Å². The number of carbonyl (C=O) groups excluding carboxylic acids is 1. The van der Waals surface area contributed by atoms with Gasteiger partial charge in [-0.1, -0.05) is 18.2 Å². The Bertz CT molecular complexity index is 746. The van der Waals surface area contributed by atoms with Crippen LogP contribution >= 0.6 is 0 Å². The molecule has 0 bridgehead atoms. The third kappa shape index (κ3) is 2.15. The van der Waals surface area contributed by atoms with E-state index in [1.807, 2.05) is 24.3 Å². The Morgan fingerprint density at radius 2 is 2.05 bits per heavy atom. The van der Waals surface area contributed by atoms with Gasteiger partial charge >= 0.3 is 11.8 Å². The van der Waals surface area contributed by atoms with Gasteiger partial charge in [0.25, 0.3) is 0 Å². The number of rotatable bonds is 2. The number of carbonyl (C=O) groups is 1. The number of nitrogens with one attached hydrogen (secondary N) is 1. The lowest BCUT2D eigenvalue weighted by atomic mass is 10.2. The van der Waals surface area contributed by atoms with Crippen LogP contribution in [0, 0.1) is 6.92 Å². The molecule has 0 saturated carbocycles. The van der Waals surface area contributed by atoms with Crippen LogP contribution in [0.3, 0.4) is 0 Å². The molecule has 1 amide bonds. The van der Waals surface area contributed by atoms with Gasteiger partial charge in [0, 0.05) is 18.5 Å². The van der Waals surface area contributed by atoms with Crippen LogP contribution in [0.5, 0.6) is 0 Å². The van der Waals surface area contributed by atoms with E-state index in [1.165, 1.54) is 0 Å². The molecule has 2 aromatic heterocycles. The molecule has 0 spiro atoms. The number of hydrogen-bond acceptors (Lipinski definition) is 5. The van der Waals surface area contributed by atoms with Crippen LogP contribution in [0.15, 0.2) is 40.9 Å². The highest BCUT2D eigenvalue weighted by atomic mass is 16.4. The Morgan fingerprint density at radius 3 is 2.84 bits per heavy atom. The molecule has 6 nitrogen and oxygen atoms in total. The van der Waals surface area contributed by atoms with E-state index >= 15 is 0 Å². The number of nitrogens with zero attached hydrogens (tertiary/aromatic N) is 3. The molecule has 3 aromatic rings. The van der Waals surface area contributed by atoms with E-state index < -0.39 is 5.91 Å². The van der Waals surface area contributed by atoms with Gasteiger partial charge in [-0.15, -0.1) is 10.2 Å². The SMILES string of the molecule is Cc1nnc(C(=O)Nc2cccc3cccnc23)o1. The Hall–Kier alpha value is -2.76. The molecule has 1 aromatic carbocycles. The summed E-state index contributed by atoms with van der Waals surface area (Å²) in [6.07, 6.45) is 1.68. The van der Waals surface area contributed by atoms with E-state index in [-0.39, 0.29) is 5.89 Å². The Balaban J connectivity index is 1.95. The summed E-state index contributed by atoms with van der Waals surface area (Å²) in [5, 5.41) is 11.0. The van der Waals surface area contributed by atoms with Crippen molar-refractivity contribution >= 4 is 22.5 Å². The Kier molecular flexibility index (Phi) is 2.68. The van der Waals surface area contributed by atoms with Crippen LogP contribution < -0.4 is 5.32 Å². The fourth-order valence-corrected chi connectivity index (χ4v) is 1.77. The molecule has 0 aliphatic rings. The van der Waals surface area contributed by atoms with Crippen molar-refractivity contribution in [3.63, 3.8) is 0 Å². The summed E-state index contributed by atoms with van der Waals surface area (Å²) < 4.78 is 5.07. The number of aryl methyl sites for hydroxylation is 1. The minimum atomic E-state index is -0.446. The second-order valence-electron chi connectivity index (χ2n) is 3.96. The van der Waals surface area contributed by atoms with Crippen molar-refractivity contribution in [1.82, 2.24) is 15.2 Å². The smallest absolute Gasteiger partial charge is 0.313 e. The molecule has 0 aliphatic heterocycles. The van der Waals surface area contributed by atoms with Crippen LogP contribution in [-0.4, -0.2) is 21.1 Å². The number of amides is 1. The van der Waals surface area contributed by atoms with Gasteiger partial charge in [-0.25, -0.2) is 0 Å². The van der Waals surface area contributed by atoms with Crippen molar-refractivity contribution in [2.45, 2.75) is 6.92 Å². The highest BCUT2D eigenvalue weighted by molar-refractivity contribution is 6.05. The Labute approximate surface area is 108 Å². The number of pyridine rings is 1. The third-order valence-electron chi connectivity index (χ3n) is 2.60. The molecule has 0 saturated heterocycles. The summed E-state index contributed by atoms with van der Waals surface area (Å²) in [6, 6.07) is 9.31. The number of para-hydroxylation sites is 1. The number of benzene rings is 1. The van der Waals surface area contributed by atoms with E-state index in [0.29, 0.717) is 11.6 Å². The number of fused-ring (bicyclic) bond motifs is 1. The van der Waals surface area contributed by atoms with Crippen LogP contribution in [0.2, 0.25) is 0 Å². The van der Waals surface area contributed by atoms with Crippen molar-refractivity contribution in [3.8, 4) is 0 Å².